The molecule has 0 spiro atoms. The van der Waals surface area contributed by atoms with Crippen LogP contribution in [0.15, 0.2) is 82.6 Å². The molecule has 2 amide bonds. The van der Waals surface area contributed by atoms with Gasteiger partial charge >= 0.3 is 0 Å². The fourth-order valence-electron chi connectivity index (χ4n) is 3.58. The second-order valence-electron chi connectivity index (χ2n) is 7.79. The van der Waals surface area contributed by atoms with Crippen molar-refractivity contribution >= 4 is 35.3 Å². The van der Waals surface area contributed by atoms with Crippen molar-refractivity contribution in [3.05, 3.63) is 100 Å². The van der Waals surface area contributed by atoms with E-state index in [0.717, 1.165) is 29.0 Å². The number of hydrogen-bond donors (Lipinski definition) is 1. The SMILES string of the molecule is CCCCNC(=O)c1ccc(C=C2Sc3ccccc3N(Cc3ccccc3F)C2=O)cc1. The van der Waals surface area contributed by atoms with Crippen LogP contribution >= 0.6 is 11.8 Å². The maximum atomic E-state index is 14.3. The molecule has 0 aliphatic carbocycles. The third-order valence-electron chi connectivity index (χ3n) is 5.40. The molecule has 0 bridgehead atoms. The Balaban J connectivity index is 1.58. The summed E-state index contributed by atoms with van der Waals surface area (Å²) in [4.78, 5) is 28.7. The van der Waals surface area contributed by atoms with Gasteiger partial charge in [-0.25, -0.2) is 4.39 Å². The minimum Gasteiger partial charge on any atom is -0.352 e. The Labute approximate surface area is 197 Å². The highest BCUT2D eigenvalue weighted by molar-refractivity contribution is 8.04. The summed E-state index contributed by atoms with van der Waals surface area (Å²) in [6.45, 7) is 2.88. The van der Waals surface area contributed by atoms with Crippen LogP contribution in [0.3, 0.4) is 0 Å². The molecule has 1 aliphatic rings. The molecular weight excluding hydrogens is 435 g/mol. The number of para-hydroxylation sites is 1. The Kier molecular flexibility index (Phi) is 7.25. The molecule has 3 aromatic rings. The van der Waals surface area contributed by atoms with Crippen LogP contribution in [0.2, 0.25) is 0 Å². The quantitative estimate of drug-likeness (QED) is 0.346. The lowest BCUT2D eigenvalue weighted by Gasteiger charge is -2.30. The van der Waals surface area contributed by atoms with E-state index in [1.54, 1.807) is 35.2 Å². The van der Waals surface area contributed by atoms with E-state index in [4.69, 9.17) is 0 Å². The standard InChI is InChI=1S/C27H25FN2O2S/c1-2-3-16-29-26(31)20-14-12-19(13-15-20)17-25-27(32)30(18-21-8-4-5-9-22(21)28)23-10-6-7-11-24(23)33-25/h4-15,17H,2-3,16,18H2,1H3,(H,29,31). The number of nitrogens with zero attached hydrogens (tertiary/aromatic N) is 1. The highest BCUT2D eigenvalue weighted by Crippen LogP contribution is 2.42. The van der Waals surface area contributed by atoms with Crippen LogP contribution in [0.5, 0.6) is 0 Å². The Morgan fingerprint density at radius 3 is 2.52 bits per heavy atom. The summed E-state index contributed by atoms with van der Waals surface area (Å²) in [6.07, 6.45) is 3.78. The topological polar surface area (TPSA) is 49.4 Å². The van der Waals surface area contributed by atoms with Crippen LogP contribution in [0.1, 0.15) is 41.3 Å². The summed E-state index contributed by atoms with van der Waals surface area (Å²) in [7, 11) is 0. The van der Waals surface area contributed by atoms with E-state index < -0.39 is 0 Å². The van der Waals surface area contributed by atoms with Crippen molar-refractivity contribution in [3.8, 4) is 0 Å². The molecule has 1 N–H and O–H groups in total. The zero-order valence-electron chi connectivity index (χ0n) is 18.4. The van der Waals surface area contributed by atoms with Gasteiger partial charge in [0.2, 0.25) is 0 Å². The summed E-state index contributed by atoms with van der Waals surface area (Å²) in [5, 5.41) is 2.90. The number of rotatable bonds is 7. The van der Waals surface area contributed by atoms with Gasteiger partial charge in [-0.1, -0.05) is 67.6 Å². The molecule has 4 rings (SSSR count). The monoisotopic (exact) mass is 460 g/mol. The predicted octanol–water partition coefficient (Wildman–Crippen LogP) is 6.04. The molecule has 3 aromatic carbocycles. The van der Waals surface area contributed by atoms with Gasteiger partial charge in [0.15, 0.2) is 0 Å². The molecule has 0 saturated heterocycles. The van der Waals surface area contributed by atoms with Gasteiger partial charge in [0.1, 0.15) is 5.82 Å². The normalized spacial score (nSPS) is 14.3. The van der Waals surface area contributed by atoms with Gasteiger partial charge in [0.05, 0.1) is 17.1 Å². The van der Waals surface area contributed by atoms with E-state index in [0.29, 0.717) is 22.6 Å². The fraction of sp³-hybridized carbons (Fsp3) is 0.185. The van der Waals surface area contributed by atoms with Crippen molar-refractivity contribution in [2.24, 2.45) is 0 Å². The van der Waals surface area contributed by atoms with E-state index in [1.165, 1.54) is 17.8 Å². The van der Waals surface area contributed by atoms with E-state index >= 15 is 0 Å². The van der Waals surface area contributed by atoms with Gasteiger partial charge in [-0.05, 0) is 48.4 Å². The van der Waals surface area contributed by atoms with Crippen molar-refractivity contribution in [1.29, 1.82) is 0 Å². The minimum absolute atomic E-state index is 0.101. The Morgan fingerprint density at radius 1 is 1.03 bits per heavy atom. The second kappa shape index (κ2) is 10.5. The Bertz CT molecular complexity index is 1190. The van der Waals surface area contributed by atoms with Gasteiger partial charge < -0.3 is 10.2 Å². The lowest BCUT2D eigenvalue weighted by atomic mass is 10.1. The maximum absolute atomic E-state index is 14.3. The number of carbonyl (C=O) groups is 2. The molecule has 4 nitrogen and oxygen atoms in total. The van der Waals surface area contributed by atoms with Crippen molar-refractivity contribution < 1.29 is 14.0 Å². The summed E-state index contributed by atoms with van der Waals surface area (Å²) < 4.78 is 14.3. The summed E-state index contributed by atoms with van der Waals surface area (Å²) in [5.41, 5.74) is 2.64. The van der Waals surface area contributed by atoms with Crippen LogP contribution < -0.4 is 10.2 Å². The van der Waals surface area contributed by atoms with Crippen molar-refractivity contribution in [2.75, 3.05) is 11.4 Å². The summed E-state index contributed by atoms with van der Waals surface area (Å²) in [5.74, 6) is -0.613. The third-order valence-corrected chi connectivity index (χ3v) is 6.48. The number of anilines is 1. The molecular formula is C27H25FN2O2S. The number of benzene rings is 3. The third kappa shape index (κ3) is 5.34. The first-order chi connectivity index (χ1) is 16.1. The molecule has 0 aromatic heterocycles. The summed E-state index contributed by atoms with van der Waals surface area (Å²) >= 11 is 1.40. The number of unbranched alkanes of at least 4 members (excludes halogenated alkanes) is 1. The lowest BCUT2D eigenvalue weighted by molar-refractivity contribution is -0.114. The molecule has 168 valence electrons. The largest absolute Gasteiger partial charge is 0.352 e. The molecule has 1 heterocycles. The number of halogens is 1. The van der Waals surface area contributed by atoms with Gasteiger partial charge in [-0.3, -0.25) is 9.59 Å². The van der Waals surface area contributed by atoms with E-state index in [1.807, 2.05) is 42.5 Å². The van der Waals surface area contributed by atoms with Crippen molar-refractivity contribution in [2.45, 2.75) is 31.2 Å². The molecule has 0 radical (unpaired) electrons. The van der Waals surface area contributed by atoms with E-state index in [2.05, 4.69) is 12.2 Å². The molecule has 0 atom stereocenters. The first-order valence-electron chi connectivity index (χ1n) is 11.0. The maximum Gasteiger partial charge on any atom is 0.265 e. The van der Waals surface area contributed by atoms with E-state index in [9.17, 15) is 14.0 Å². The Hall–Kier alpha value is -3.38. The zero-order valence-corrected chi connectivity index (χ0v) is 19.2. The molecule has 1 aliphatic heterocycles. The number of amides is 2. The first kappa shape index (κ1) is 22.8. The van der Waals surface area contributed by atoms with Crippen LogP contribution in [0, 0.1) is 5.82 Å². The lowest BCUT2D eigenvalue weighted by Crippen LogP contribution is -2.34. The van der Waals surface area contributed by atoms with Gasteiger partial charge in [0.25, 0.3) is 11.8 Å². The molecule has 6 heteroatoms. The van der Waals surface area contributed by atoms with Gasteiger partial charge in [-0.2, -0.15) is 0 Å². The molecule has 33 heavy (non-hydrogen) atoms. The highest BCUT2D eigenvalue weighted by Gasteiger charge is 2.29. The zero-order chi connectivity index (χ0) is 23.2. The van der Waals surface area contributed by atoms with E-state index in [-0.39, 0.29) is 24.2 Å². The van der Waals surface area contributed by atoms with Gasteiger partial charge in [-0.15, -0.1) is 0 Å². The average molecular weight is 461 g/mol. The second-order valence-corrected chi connectivity index (χ2v) is 8.88. The predicted molar refractivity (Wildman–Crippen MR) is 132 cm³/mol. The Morgan fingerprint density at radius 2 is 1.76 bits per heavy atom. The van der Waals surface area contributed by atoms with Crippen LogP contribution in [0.4, 0.5) is 10.1 Å². The number of fused-ring (bicyclic) bond motifs is 1. The van der Waals surface area contributed by atoms with Crippen LogP contribution in [-0.2, 0) is 11.3 Å². The fourth-order valence-corrected chi connectivity index (χ4v) is 4.64. The van der Waals surface area contributed by atoms with Crippen molar-refractivity contribution in [3.63, 3.8) is 0 Å². The summed E-state index contributed by atoms with van der Waals surface area (Å²) in [6, 6.07) is 21.3. The molecule has 0 unspecified atom stereocenters. The number of nitrogens with one attached hydrogen (secondary N) is 1. The van der Waals surface area contributed by atoms with Gasteiger partial charge in [0, 0.05) is 22.6 Å². The first-order valence-corrected chi connectivity index (χ1v) is 11.8. The smallest absolute Gasteiger partial charge is 0.265 e. The molecule has 0 saturated carbocycles. The van der Waals surface area contributed by atoms with Crippen molar-refractivity contribution in [1.82, 2.24) is 5.32 Å². The number of carbonyl (C=O) groups excluding carboxylic acids is 2. The average Bonchev–Trinajstić information content (AvgIpc) is 2.83. The van der Waals surface area contributed by atoms with Crippen LogP contribution in [-0.4, -0.2) is 18.4 Å². The molecule has 0 fully saturated rings. The highest BCUT2D eigenvalue weighted by atomic mass is 32.2. The number of thioether (sulfide) groups is 1. The minimum atomic E-state index is -0.334. The van der Waals surface area contributed by atoms with Crippen LogP contribution in [0.25, 0.3) is 6.08 Å². The number of hydrogen-bond acceptors (Lipinski definition) is 3.